The Morgan fingerprint density at radius 2 is 2.35 bits per heavy atom. The number of hydrogen-bond donors (Lipinski definition) is 1. The normalized spacial score (nSPS) is 22.1. The molecule has 1 N–H and O–H groups in total. The molecular formula is C14H18N4O2. The summed E-state index contributed by atoms with van der Waals surface area (Å²) in [7, 11) is 1.60. The minimum atomic E-state index is -0.0383. The third-order valence-corrected chi connectivity index (χ3v) is 3.72. The van der Waals surface area contributed by atoms with E-state index in [0.717, 1.165) is 31.0 Å². The zero-order valence-electron chi connectivity index (χ0n) is 11.7. The highest BCUT2D eigenvalue weighted by molar-refractivity contribution is 5.21. The van der Waals surface area contributed by atoms with E-state index in [1.54, 1.807) is 13.3 Å². The van der Waals surface area contributed by atoms with Crippen LogP contribution in [0.5, 0.6) is 5.88 Å². The molecule has 0 radical (unpaired) electrons. The lowest BCUT2D eigenvalue weighted by atomic mass is 9.90. The van der Waals surface area contributed by atoms with Crippen molar-refractivity contribution in [3.05, 3.63) is 35.6 Å². The standard InChI is InChI=1S/C14H18N4O2/c1-14(5-6-15-9-14)13-17-11(18-20-13)7-10-3-4-12(19-2)16-8-10/h3-4,8,15H,5-7,9H2,1-2H3. The van der Waals surface area contributed by atoms with Gasteiger partial charge >= 0.3 is 0 Å². The Morgan fingerprint density at radius 1 is 1.45 bits per heavy atom. The molecule has 1 aliphatic heterocycles. The summed E-state index contributed by atoms with van der Waals surface area (Å²) in [5.74, 6) is 2.02. The van der Waals surface area contributed by atoms with Gasteiger partial charge in [-0.05, 0) is 25.5 Å². The first-order valence-corrected chi connectivity index (χ1v) is 6.72. The second-order valence-electron chi connectivity index (χ2n) is 5.39. The molecule has 6 nitrogen and oxygen atoms in total. The van der Waals surface area contributed by atoms with Crippen molar-refractivity contribution < 1.29 is 9.26 Å². The fourth-order valence-electron chi connectivity index (χ4n) is 2.39. The molecule has 0 amide bonds. The molecule has 1 aliphatic rings. The molecule has 6 heteroatoms. The zero-order chi connectivity index (χ0) is 14.0. The van der Waals surface area contributed by atoms with Crippen LogP contribution < -0.4 is 10.1 Å². The summed E-state index contributed by atoms with van der Waals surface area (Å²) in [6.07, 6.45) is 3.41. The van der Waals surface area contributed by atoms with Crippen LogP contribution in [0, 0.1) is 0 Å². The van der Waals surface area contributed by atoms with Crippen LogP contribution in [0.4, 0.5) is 0 Å². The first-order chi connectivity index (χ1) is 9.69. The van der Waals surface area contributed by atoms with Crippen LogP contribution in [-0.2, 0) is 11.8 Å². The quantitative estimate of drug-likeness (QED) is 0.906. The molecule has 3 heterocycles. The Morgan fingerprint density at radius 3 is 3.00 bits per heavy atom. The zero-order valence-corrected chi connectivity index (χ0v) is 11.7. The summed E-state index contributed by atoms with van der Waals surface area (Å²) in [6, 6.07) is 3.79. The van der Waals surface area contributed by atoms with E-state index in [-0.39, 0.29) is 5.41 Å². The first-order valence-electron chi connectivity index (χ1n) is 6.72. The van der Waals surface area contributed by atoms with Crippen LogP contribution in [-0.4, -0.2) is 35.3 Å². The molecule has 0 bridgehead atoms. The van der Waals surface area contributed by atoms with Crippen molar-refractivity contribution in [1.82, 2.24) is 20.4 Å². The maximum atomic E-state index is 5.42. The molecule has 0 saturated carbocycles. The number of methoxy groups -OCH3 is 1. The molecule has 0 aliphatic carbocycles. The number of pyridine rings is 1. The molecule has 2 aromatic rings. The fourth-order valence-corrected chi connectivity index (χ4v) is 2.39. The number of nitrogens with zero attached hydrogens (tertiary/aromatic N) is 3. The molecule has 2 aromatic heterocycles. The Kier molecular flexibility index (Phi) is 3.40. The van der Waals surface area contributed by atoms with Crippen LogP contribution in [0.3, 0.4) is 0 Å². The van der Waals surface area contributed by atoms with E-state index in [1.165, 1.54) is 0 Å². The lowest BCUT2D eigenvalue weighted by Gasteiger charge is -2.15. The third kappa shape index (κ3) is 2.51. The van der Waals surface area contributed by atoms with Gasteiger partial charge in [0, 0.05) is 25.2 Å². The number of aromatic nitrogens is 3. The number of ether oxygens (including phenoxy) is 1. The van der Waals surface area contributed by atoms with Crippen molar-refractivity contribution in [2.75, 3.05) is 20.2 Å². The van der Waals surface area contributed by atoms with Gasteiger partial charge in [0.05, 0.1) is 12.5 Å². The van der Waals surface area contributed by atoms with Gasteiger partial charge in [0.2, 0.25) is 11.8 Å². The van der Waals surface area contributed by atoms with Gasteiger partial charge in [0.25, 0.3) is 0 Å². The van der Waals surface area contributed by atoms with Crippen LogP contribution >= 0.6 is 0 Å². The molecule has 1 fully saturated rings. The minimum absolute atomic E-state index is 0.0383. The minimum Gasteiger partial charge on any atom is -0.481 e. The van der Waals surface area contributed by atoms with Gasteiger partial charge in [-0.15, -0.1) is 0 Å². The van der Waals surface area contributed by atoms with Crippen LogP contribution in [0.2, 0.25) is 0 Å². The Labute approximate surface area is 117 Å². The van der Waals surface area contributed by atoms with E-state index >= 15 is 0 Å². The van der Waals surface area contributed by atoms with E-state index in [0.29, 0.717) is 18.1 Å². The molecule has 1 atom stereocenters. The number of hydrogen-bond acceptors (Lipinski definition) is 6. The highest BCUT2D eigenvalue weighted by atomic mass is 16.5. The molecule has 0 aromatic carbocycles. The smallest absolute Gasteiger partial charge is 0.233 e. The Balaban J connectivity index is 1.73. The van der Waals surface area contributed by atoms with Crippen molar-refractivity contribution in [3.8, 4) is 5.88 Å². The fraction of sp³-hybridized carbons (Fsp3) is 0.500. The van der Waals surface area contributed by atoms with E-state index in [9.17, 15) is 0 Å². The number of rotatable bonds is 4. The van der Waals surface area contributed by atoms with E-state index in [1.807, 2.05) is 12.1 Å². The van der Waals surface area contributed by atoms with Gasteiger partial charge < -0.3 is 14.6 Å². The molecule has 3 rings (SSSR count). The average molecular weight is 274 g/mol. The van der Waals surface area contributed by atoms with Crippen molar-refractivity contribution in [2.45, 2.75) is 25.2 Å². The first kappa shape index (κ1) is 13.1. The van der Waals surface area contributed by atoms with Gasteiger partial charge in [0.15, 0.2) is 5.82 Å². The van der Waals surface area contributed by atoms with Gasteiger partial charge in [-0.3, -0.25) is 0 Å². The maximum Gasteiger partial charge on any atom is 0.233 e. The Hall–Kier alpha value is -1.95. The SMILES string of the molecule is COc1ccc(Cc2noc(C3(C)CCNC3)n2)cn1. The van der Waals surface area contributed by atoms with Crippen molar-refractivity contribution in [1.29, 1.82) is 0 Å². The van der Waals surface area contributed by atoms with E-state index < -0.39 is 0 Å². The molecule has 1 saturated heterocycles. The highest BCUT2D eigenvalue weighted by Crippen LogP contribution is 2.28. The lowest BCUT2D eigenvalue weighted by Crippen LogP contribution is -2.25. The molecule has 1 unspecified atom stereocenters. The largest absolute Gasteiger partial charge is 0.481 e. The molecule has 0 spiro atoms. The second kappa shape index (κ2) is 5.20. The molecular weight excluding hydrogens is 256 g/mol. The van der Waals surface area contributed by atoms with E-state index in [2.05, 4.69) is 27.4 Å². The summed E-state index contributed by atoms with van der Waals surface area (Å²) in [5.41, 5.74) is 0.997. The monoisotopic (exact) mass is 274 g/mol. The van der Waals surface area contributed by atoms with Crippen molar-refractivity contribution in [3.63, 3.8) is 0 Å². The summed E-state index contributed by atoms with van der Waals surface area (Å²) >= 11 is 0. The van der Waals surface area contributed by atoms with Crippen LogP contribution in [0.25, 0.3) is 0 Å². The van der Waals surface area contributed by atoms with Gasteiger partial charge in [-0.2, -0.15) is 4.98 Å². The van der Waals surface area contributed by atoms with Crippen molar-refractivity contribution >= 4 is 0 Å². The lowest BCUT2D eigenvalue weighted by molar-refractivity contribution is 0.304. The summed E-state index contributed by atoms with van der Waals surface area (Å²) in [4.78, 5) is 8.70. The van der Waals surface area contributed by atoms with Gasteiger partial charge in [-0.25, -0.2) is 4.98 Å². The van der Waals surface area contributed by atoms with Crippen molar-refractivity contribution in [2.24, 2.45) is 0 Å². The van der Waals surface area contributed by atoms with Crippen LogP contribution in [0.1, 0.15) is 30.6 Å². The predicted molar refractivity (Wildman–Crippen MR) is 72.7 cm³/mol. The average Bonchev–Trinajstić information content (AvgIpc) is 3.10. The molecule has 20 heavy (non-hydrogen) atoms. The summed E-state index contributed by atoms with van der Waals surface area (Å²) in [6.45, 7) is 4.04. The maximum absolute atomic E-state index is 5.42. The summed E-state index contributed by atoms with van der Waals surface area (Å²) < 4.78 is 10.5. The second-order valence-corrected chi connectivity index (χ2v) is 5.39. The third-order valence-electron chi connectivity index (χ3n) is 3.72. The predicted octanol–water partition coefficient (Wildman–Crippen LogP) is 1.31. The Bertz CT molecular complexity index is 573. The topological polar surface area (TPSA) is 73.1 Å². The van der Waals surface area contributed by atoms with Gasteiger partial charge in [0.1, 0.15) is 0 Å². The highest BCUT2D eigenvalue weighted by Gasteiger charge is 2.36. The van der Waals surface area contributed by atoms with Gasteiger partial charge in [-0.1, -0.05) is 11.2 Å². The molecule has 106 valence electrons. The number of nitrogens with one attached hydrogen (secondary N) is 1. The van der Waals surface area contributed by atoms with Crippen LogP contribution in [0.15, 0.2) is 22.9 Å². The van der Waals surface area contributed by atoms with E-state index in [4.69, 9.17) is 9.26 Å². The summed E-state index contributed by atoms with van der Waals surface area (Å²) in [5, 5.41) is 7.40.